The van der Waals surface area contributed by atoms with Crippen LogP contribution in [0.3, 0.4) is 0 Å². The van der Waals surface area contributed by atoms with Gasteiger partial charge in [-0.3, -0.25) is 14.9 Å². The molecule has 0 aromatic carbocycles. The van der Waals surface area contributed by atoms with Crippen LogP contribution in [0.25, 0.3) is 0 Å². The van der Waals surface area contributed by atoms with E-state index in [2.05, 4.69) is 16.0 Å². The Labute approximate surface area is 155 Å². The Hall–Kier alpha value is -2.42. The van der Waals surface area contributed by atoms with Crippen LogP contribution in [0.2, 0.25) is 0 Å². The Morgan fingerprint density at radius 1 is 1.23 bits per heavy atom. The molecule has 1 aromatic heterocycles. The Morgan fingerprint density at radius 2 is 1.88 bits per heavy atom. The van der Waals surface area contributed by atoms with Gasteiger partial charge in [0.25, 0.3) is 5.91 Å². The van der Waals surface area contributed by atoms with E-state index in [9.17, 15) is 19.2 Å². The highest BCUT2D eigenvalue weighted by Crippen LogP contribution is 2.36. The molecule has 1 fully saturated rings. The highest BCUT2D eigenvalue weighted by molar-refractivity contribution is 7.16. The number of carbonyl (C=O) groups excluding carboxylic acids is 4. The molecule has 0 unspecified atom stereocenters. The second kappa shape index (κ2) is 8.31. The summed E-state index contributed by atoms with van der Waals surface area (Å²) in [5.41, 5.74) is 0.946. The predicted octanol–water partition coefficient (Wildman–Crippen LogP) is 2.10. The van der Waals surface area contributed by atoms with Crippen molar-refractivity contribution in [3.05, 3.63) is 16.0 Å². The molecule has 1 heterocycles. The maximum atomic E-state index is 12.5. The molecule has 0 radical (unpaired) electrons. The fourth-order valence-electron chi connectivity index (χ4n) is 2.21. The van der Waals surface area contributed by atoms with Gasteiger partial charge in [0, 0.05) is 17.3 Å². The van der Waals surface area contributed by atoms with E-state index in [0.29, 0.717) is 17.1 Å². The lowest BCUT2D eigenvalue weighted by atomic mass is 10.1. The van der Waals surface area contributed by atoms with Gasteiger partial charge in [-0.05, 0) is 46.1 Å². The van der Waals surface area contributed by atoms with Crippen LogP contribution in [0.4, 0.5) is 9.80 Å². The zero-order valence-electron chi connectivity index (χ0n) is 15.2. The summed E-state index contributed by atoms with van der Waals surface area (Å²) in [4.78, 5) is 48.8. The molecule has 9 heteroatoms. The minimum atomic E-state index is -1.16. The summed E-state index contributed by atoms with van der Waals surface area (Å²) in [5, 5.41) is 7.72. The first-order valence-corrected chi connectivity index (χ1v) is 9.26. The van der Waals surface area contributed by atoms with Crippen molar-refractivity contribution in [3.8, 4) is 0 Å². The topological polar surface area (TPSA) is 114 Å². The van der Waals surface area contributed by atoms with Crippen LogP contribution in [0.15, 0.2) is 0 Å². The largest absolute Gasteiger partial charge is 0.449 e. The van der Waals surface area contributed by atoms with Crippen LogP contribution in [-0.4, -0.2) is 36.5 Å². The zero-order chi connectivity index (χ0) is 19.4. The number of esters is 1. The number of thiophene rings is 1. The smallest absolute Gasteiger partial charge is 0.342 e. The van der Waals surface area contributed by atoms with E-state index in [0.717, 1.165) is 17.7 Å². The molecular weight excluding hydrogens is 358 g/mol. The number of carbonyl (C=O) groups is 4. The monoisotopic (exact) mass is 381 g/mol. The fraction of sp³-hybridized carbons (Fsp3) is 0.529. The number of urea groups is 1. The molecule has 0 aliphatic heterocycles. The quantitative estimate of drug-likeness (QED) is 0.653. The second-order valence-corrected chi connectivity index (χ2v) is 7.37. The van der Waals surface area contributed by atoms with Crippen LogP contribution in [0, 0.1) is 19.8 Å². The molecule has 3 N–H and O–H groups in total. The van der Waals surface area contributed by atoms with Crippen molar-refractivity contribution in [2.75, 3.05) is 11.9 Å². The summed E-state index contributed by atoms with van der Waals surface area (Å²) in [6.07, 6.45) is 0.550. The number of hydrogen-bond donors (Lipinski definition) is 3. The lowest BCUT2D eigenvalue weighted by Crippen LogP contribution is -2.44. The normalized spacial score (nSPS) is 14.3. The van der Waals surface area contributed by atoms with Crippen LogP contribution in [-0.2, 0) is 14.3 Å². The highest BCUT2D eigenvalue weighted by Gasteiger charge is 2.32. The third-order valence-electron chi connectivity index (χ3n) is 4.00. The summed E-state index contributed by atoms with van der Waals surface area (Å²) < 4.78 is 5.19. The minimum Gasteiger partial charge on any atom is -0.449 e. The molecule has 8 nitrogen and oxygen atoms in total. The van der Waals surface area contributed by atoms with Gasteiger partial charge in [-0.2, -0.15) is 0 Å². The van der Waals surface area contributed by atoms with Crippen molar-refractivity contribution in [2.24, 2.45) is 5.92 Å². The summed E-state index contributed by atoms with van der Waals surface area (Å²) >= 11 is 1.30. The molecule has 2 rings (SSSR count). The fourth-order valence-corrected chi connectivity index (χ4v) is 3.26. The van der Waals surface area contributed by atoms with Crippen molar-refractivity contribution >= 4 is 40.2 Å². The molecule has 1 aliphatic rings. The van der Waals surface area contributed by atoms with Crippen molar-refractivity contribution in [1.29, 1.82) is 0 Å². The summed E-state index contributed by atoms with van der Waals surface area (Å²) in [6, 6.07) is -0.652. The van der Waals surface area contributed by atoms with Gasteiger partial charge in [0.15, 0.2) is 6.10 Å². The maximum Gasteiger partial charge on any atom is 0.342 e. The van der Waals surface area contributed by atoms with Crippen molar-refractivity contribution < 1.29 is 23.9 Å². The van der Waals surface area contributed by atoms with Gasteiger partial charge in [-0.15, -0.1) is 11.3 Å². The summed E-state index contributed by atoms with van der Waals surface area (Å²) in [5.74, 6) is -1.54. The van der Waals surface area contributed by atoms with E-state index in [1.54, 1.807) is 13.8 Å². The number of anilines is 1. The van der Waals surface area contributed by atoms with Crippen molar-refractivity contribution in [2.45, 2.75) is 46.6 Å². The molecule has 142 valence electrons. The molecule has 1 aromatic rings. The maximum absolute atomic E-state index is 12.5. The number of rotatable bonds is 6. The molecule has 1 saturated carbocycles. The Kier molecular flexibility index (Phi) is 6.36. The molecule has 1 aliphatic carbocycles. The standard InChI is InChI=1S/C17H23N3O5S/c1-5-18-17(24)20-13(21)9(3)25-16(23)12-8(2)10(4)26-15(12)19-14(22)11-6-7-11/h9,11H,5-7H2,1-4H3,(H,19,22)(H2,18,20,21,24)/t9-/m0/s1. The molecule has 1 atom stereocenters. The third-order valence-corrected chi connectivity index (χ3v) is 5.12. The van der Waals surface area contributed by atoms with E-state index >= 15 is 0 Å². The summed E-state index contributed by atoms with van der Waals surface area (Å²) in [7, 11) is 0. The zero-order valence-corrected chi connectivity index (χ0v) is 16.0. The first-order valence-electron chi connectivity index (χ1n) is 8.45. The molecular formula is C17H23N3O5S. The van der Waals surface area contributed by atoms with Crippen LogP contribution >= 0.6 is 11.3 Å². The number of aryl methyl sites for hydroxylation is 1. The molecule has 0 bridgehead atoms. The number of amides is 4. The van der Waals surface area contributed by atoms with E-state index in [1.807, 2.05) is 6.92 Å². The van der Waals surface area contributed by atoms with E-state index in [4.69, 9.17) is 4.74 Å². The Balaban J connectivity index is 2.07. The Bertz CT molecular complexity index is 739. The number of ether oxygens (including phenoxy) is 1. The van der Waals surface area contributed by atoms with Gasteiger partial charge in [-0.25, -0.2) is 9.59 Å². The first-order chi connectivity index (χ1) is 12.2. The third kappa shape index (κ3) is 4.81. The van der Waals surface area contributed by atoms with Gasteiger partial charge in [0.1, 0.15) is 5.00 Å². The highest BCUT2D eigenvalue weighted by atomic mass is 32.1. The van der Waals surface area contributed by atoms with Gasteiger partial charge in [0.05, 0.1) is 5.56 Å². The number of hydrogen-bond acceptors (Lipinski definition) is 6. The van der Waals surface area contributed by atoms with Crippen molar-refractivity contribution in [3.63, 3.8) is 0 Å². The van der Waals surface area contributed by atoms with Crippen LogP contribution in [0.1, 0.15) is 47.5 Å². The second-order valence-electron chi connectivity index (χ2n) is 6.15. The number of imide groups is 1. The lowest BCUT2D eigenvalue weighted by molar-refractivity contribution is -0.128. The van der Waals surface area contributed by atoms with Crippen LogP contribution in [0.5, 0.6) is 0 Å². The van der Waals surface area contributed by atoms with Gasteiger partial charge in [-0.1, -0.05) is 0 Å². The predicted molar refractivity (Wildman–Crippen MR) is 97.2 cm³/mol. The Morgan fingerprint density at radius 3 is 2.46 bits per heavy atom. The molecule has 0 saturated heterocycles. The van der Waals surface area contributed by atoms with Gasteiger partial charge >= 0.3 is 12.0 Å². The molecule has 4 amide bonds. The van der Waals surface area contributed by atoms with E-state index in [-0.39, 0.29) is 17.4 Å². The average Bonchev–Trinajstić information content (AvgIpc) is 3.35. The van der Waals surface area contributed by atoms with E-state index < -0.39 is 24.0 Å². The molecule has 26 heavy (non-hydrogen) atoms. The number of nitrogens with one attached hydrogen (secondary N) is 3. The van der Waals surface area contributed by atoms with Crippen molar-refractivity contribution in [1.82, 2.24) is 10.6 Å². The lowest BCUT2D eigenvalue weighted by Gasteiger charge is -2.14. The SMILES string of the molecule is CCNC(=O)NC(=O)[C@H](C)OC(=O)c1c(NC(=O)C2CC2)sc(C)c1C. The van der Waals surface area contributed by atoms with Crippen LogP contribution < -0.4 is 16.0 Å². The summed E-state index contributed by atoms with van der Waals surface area (Å²) in [6.45, 7) is 7.06. The minimum absolute atomic E-state index is 0.00311. The first kappa shape index (κ1) is 19.9. The van der Waals surface area contributed by atoms with Gasteiger partial charge < -0.3 is 15.4 Å². The molecule has 0 spiro atoms. The van der Waals surface area contributed by atoms with Gasteiger partial charge in [0.2, 0.25) is 5.91 Å². The average molecular weight is 381 g/mol. The van der Waals surface area contributed by atoms with E-state index in [1.165, 1.54) is 18.3 Å².